The normalized spacial score (nSPS) is 13.7. The van der Waals surface area contributed by atoms with Crippen molar-refractivity contribution in [2.75, 3.05) is 40.5 Å². The molecule has 0 aromatic rings. The lowest BCUT2D eigenvalue weighted by atomic mass is 10.1. The summed E-state index contributed by atoms with van der Waals surface area (Å²) < 4.78 is 10.4. The van der Waals surface area contributed by atoms with Gasteiger partial charge in [-0.3, -0.25) is 4.90 Å². The second kappa shape index (κ2) is 10.0. The van der Waals surface area contributed by atoms with Crippen molar-refractivity contribution in [2.45, 2.75) is 38.8 Å². The highest BCUT2D eigenvalue weighted by Gasteiger charge is 2.22. The average molecular weight is 232 g/mol. The van der Waals surface area contributed by atoms with E-state index in [1.54, 1.807) is 14.2 Å². The molecule has 4 heteroatoms. The second-order valence-electron chi connectivity index (χ2n) is 4.05. The summed E-state index contributed by atoms with van der Waals surface area (Å²) in [6.07, 6.45) is 2.28. The molecule has 0 aliphatic rings. The molecule has 0 radical (unpaired) electrons. The van der Waals surface area contributed by atoms with Crippen LogP contribution in [0.5, 0.6) is 0 Å². The first-order valence-electron chi connectivity index (χ1n) is 6.18. The molecule has 0 bridgehead atoms. The summed E-state index contributed by atoms with van der Waals surface area (Å²) in [5, 5.41) is 0. The molecule has 0 aromatic carbocycles. The average Bonchev–Trinajstić information content (AvgIpc) is 2.32. The Morgan fingerprint density at radius 2 is 1.69 bits per heavy atom. The van der Waals surface area contributed by atoms with E-state index in [1.165, 1.54) is 0 Å². The smallest absolute Gasteiger partial charge is 0.0630 e. The van der Waals surface area contributed by atoms with E-state index in [1.807, 2.05) is 0 Å². The monoisotopic (exact) mass is 232 g/mol. The molecular formula is C12H28N2O2. The molecule has 0 fully saturated rings. The minimum atomic E-state index is 0.296. The predicted molar refractivity (Wildman–Crippen MR) is 67.7 cm³/mol. The Hall–Kier alpha value is -0.160. The molecule has 98 valence electrons. The van der Waals surface area contributed by atoms with Crippen molar-refractivity contribution in [2.24, 2.45) is 5.73 Å². The second-order valence-corrected chi connectivity index (χ2v) is 4.05. The largest absolute Gasteiger partial charge is 0.383 e. The van der Waals surface area contributed by atoms with E-state index in [-0.39, 0.29) is 0 Å². The molecule has 0 rings (SSSR count). The van der Waals surface area contributed by atoms with Gasteiger partial charge in [0.2, 0.25) is 0 Å². The van der Waals surface area contributed by atoms with Crippen molar-refractivity contribution in [1.82, 2.24) is 4.90 Å². The number of nitrogens with two attached hydrogens (primary N) is 1. The summed E-state index contributed by atoms with van der Waals surface area (Å²) in [6, 6.07) is 0.865. The first kappa shape index (κ1) is 15.8. The van der Waals surface area contributed by atoms with Crippen LogP contribution in [0.1, 0.15) is 26.7 Å². The quantitative estimate of drug-likeness (QED) is 0.613. The van der Waals surface area contributed by atoms with E-state index < -0.39 is 0 Å². The van der Waals surface area contributed by atoms with Gasteiger partial charge in [-0.05, 0) is 12.8 Å². The summed E-state index contributed by atoms with van der Waals surface area (Å²) in [5.74, 6) is 0. The maximum Gasteiger partial charge on any atom is 0.0630 e. The zero-order chi connectivity index (χ0) is 12.4. The molecule has 4 nitrogen and oxygen atoms in total. The van der Waals surface area contributed by atoms with E-state index in [4.69, 9.17) is 15.2 Å². The van der Waals surface area contributed by atoms with Crippen molar-refractivity contribution in [3.8, 4) is 0 Å². The molecule has 16 heavy (non-hydrogen) atoms. The Morgan fingerprint density at radius 1 is 1.06 bits per heavy atom. The number of hydrogen-bond donors (Lipinski definition) is 1. The molecule has 2 N–H and O–H groups in total. The Morgan fingerprint density at radius 3 is 2.06 bits per heavy atom. The van der Waals surface area contributed by atoms with Crippen LogP contribution < -0.4 is 5.73 Å². The van der Waals surface area contributed by atoms with Crippen LogP contribution in [0.2, 0.25) is 0 Å². The van der Waals surface area contributed by atoms with Crippen LogP contribution in [0.4, 0.5) is 0 Å². The van der Waals surface area contributed by atoms with Gasteiger partial charge in [-0.15, -0.1) is 0 Å². The molecule has 1 unspecified atom stereocenters. The summed E-state index contributed by atoms with van der Waals surface area (Å²) in [7, 11) is 3.46. The third kappa shape index (κ3) is 5.25. The zero-order valence-electron chi connectivity index (χ0n) is 11.2. The van der Waals surface area contributed by atoms with Crippen LogP contribution in [-0.2, 0) is 9.47 Å². The van der Waals surface area contributed by atoms with Gasteiger partial charge in [0.15, 0.2) is 0 Å². The van der Waals surface area contributed by atoms with Crippen LogP contribution in [0, 0.1) is 0 Å². The Balaban J connectivity index is 4.46. The Labute approximate surface area is 100 Å². The van der Waals surface area contributed by atoms with Gasteiger partial charge in [0, 0.05) is 39.4 Å². The van der Waals surface area contributed by atoms with Gasteiger partial charge < -0.3 is 15.2 Å². The van der Waals surface area contributed by atoms with Crippen molar-refractivity contribution in [1.29, 1.82) is 0 Å². The van der Waals surface area contributed by atoms with Gasteiger partial charge in [0.25, 0.3) is 0 Å². The van der Waals surface area contributed by atoms with Gasteiger partial charge in [-0.25, -0.2) is 0 Å². The molecule has 0 saturated carbocycles. The Bertz CT molecular complexity index is 152. The van der Waals surface area contributed by atoms with E-state index in [0.717, 1.165) is 26.0 Å². The Kier molecular flexibility index (Phi) is 9.92. The van der Waals surface area contributed by atoms with Crippen LogP contribution in [0.3, 0.4) is 0 Å². The maximum atomic E-state index is 5.82. The molecule has 1 atom stereocenters. The molecule has 0 aliphatic carbocycles. The highest BCUT2D eigenvalue weighted by Crippen LogP contribution is 2.12. The highest BCUT2D eigenvalue weighted by molar-refractivity contribution is 4.78. The van der Waals surface area contributed by atoms with Gasteiger partial charge in [0.05, 0.1) is 13.2 Å². The molecule has 0 aromatic heterocycles. The van der Waals surface area contributed by atoms with Crippen LogP contribution in [-0.4, -0.2) is 57.5 Å². The molecule has 0 aliphatic heterocycles. The number of hydrogen-bond acceptors (Lipinski definition) is 4. The number of methoxy groups -OCH3 is 2. The lowest BCUT2D eigenvalue weighted by Crippen LogP contribution is -2.50. The molecule has 0 spiro atoms. The van der Waals surface area contributed by atoms with Gasteiger partial charge in [0.1, 0.15) is 0 Å². The predicted octanol–water partition coefficient (Wildman–Crippen LogP) is 1.10. The first-order valence-corrected chi connectivity index (χ1v) is 6.18. The maximum absolute atomic E-state index is 5.82. The number of rotatable bonds is 10. The number of nitrogens with zero attached hydrogens (tertiary/aromatic N) is 1. The topological polar surface area (TPSA) is 47.7 Å². The minimum Gasteiger partial charge on any atom is -0.383 e. The fourth-order valence-electron chi connectivity index (χ4n) is 2.11. The van der Waals surface area contributed by atoms with Crippen molar-refractivity contribution >= 4 is 0 Å². The van der Waals surface area contributed by atoms with Crippen molar-refractivity contribution in [3.05, 3.63) is 0 Å². The summed E-state index contributed by atoms with van der Waals surface area (Å²) >= 11 is 0. The fraction of sp³-hybridized carbons (Fsp3) is 1.00. The van der Waals surface area contributed by atoms with E-state index in [0.29, 0.717) is 25.2 Å². The van der Waals surface area contributed by atoms with E-state index in [9.17, 15) is 0 Å². The number of ether oxygens (including phenoxy) is 2. The van der Waals surface area contributed by atoms with Crippen molar-refractivity contribution in [3.63, 3.8) is 0 Å². The van der Waals surface area contributed by atoms with Gasteiger partial charge in [-0.1, -0.05) is 13.8 Å². The molecule has 0 amide bonds. The third-order valence-corrected chi connectivity index (χ3v) is 3.07. The van der Waals surface area contributed by atoms with Crippen LogP contribution in [0.25, 0.3) is 0 Å². The minimum absolute atomic E-state index is 0.296. The van der Waals surface area contributed by atoms with E-state index >= 15 is 0 Å². The van der Waals surface area contributed by atoms with Gasteiger partial charge in [-0.2, -0.15) is 0 Å². The molecule has 0 heterocycles. The SMILES string of the molecule is CCC(CC)N(CCOC)C(CN)COC. The van der Waals surface area contributed by atoms with Crippen molar-refractivity contribution < 1.29 is 9.47 Å². The van der Waals surface area contributed by atoms with Crippen LogP contribution >= 0.6 is 0 Å². The fourth-order valence-corrected chi connectivity index (χ4v) is 2.11. The van der Waals surface area contributed by atoms with Crippen LogP contribution in [0.15, 0.2) is 0 Å². The summed E-state index contributed by atoms with van der Waals surface area (Å²) in [5.41, 5.74) is 5.82. The summed E-state index contributed by atoms with van der Waals surface area (Å²) in [6.45, 7) is 7.43. The first-order chi connectivity index (χ1) is 7.74. The van der Waals surface area contributed by atoms with Gasteiger partial charge >= 0.3 is 0 Å². The highest BCUT2D eigenvalue weighted by atomic mass is 16.5. The summed E-state index contributed by atoms with van der Waals surface area (Å²) in [4.78, 5) is 2.42. The standard InChI is InChI=1S/C12H28N2O2/c1-5-11(6-2)14(7-8-15-3)12(9-13)10-16-4/h11-12H,5-10,13H2,1-4H3. The molecule has 0 saturated heterocycles. The zero-order valence-corrected chi connectivity index (χ0v) is 11.2. The molecular weight excluding hydrogens is 204 g/mol. The lowest BCUT2D eigenvalue weighted by molar-refractivity contribution is 0.0403. The lowest BCUT2D eigenvalue weighted by Gasteiger charge is -2.36. The van der Waals surface area contributed by atoms with E-state index in [2.05, 4.69) is 18.7 Å². The third-order valence-electron chi connectivity index (χ3n) is 3.07.